The lowest BCUT2D eigenvalue weighted by Gasteiger charge is -2.26. The van der Waals surface area contributed by atoms with Gasteiger partial charge in [0.15, 0.2) is 0 Å². The van der Waals surface area contributed by atoms with Gasteiger partial charge in [0.25, 0.3) is 0 Å². The molecule has 0 amide bonds. The summed E-state index contributed by atoms with van der Waals surface area (Å²) in [5.41, 5.74) is 1.00. The van der Waals surface area contributed by atoms with Crippen LogP contribution in [0.15, 0.2) is 28.7 Å². The van der Waals surface area contributed by atoms with Crippen LogP contribution in [0.4, 0.5) is 0 Å². The largest absolute Gasteiger partial charge is 0.493 e. The van der Waals surface area contributed by atoms with E-state index >= 15 is 0 Å². The summed E-state index contributed by atoms with van der Waals surface area (Å²) >= 11 is 0. The average Bonchev–Trinajstić information content (AvgIpc) is 2.98. The fourth-order valence-electron chi connectivity index (χ4n) is 2.79. The maximum atomic E-state index is 5.79. The highest BCUT2D eigenvalue weighted by Crippen LogP contribution is 2.35. The normalized spacial score (nSPS) is 15.4. The third-order valence-corrected chi connectivity index (χ3v) is 4.78. The van der Waals surface area contributed by atoms with E-state index in [9.17, 15) is 0 Å². The zero-order valence-corrected chi connectivity index (χ0v) is 15.7. The Kier molecular flexibility index (Phi) is 5.42. The van der Waals surface area contributed by atoms with Gasteiger partial charge in [-0.15, -0.1) is 10.2 Å². The Balaban J connectivity index is 1.56. The van der Waals surface area contributed by atoms with Crippen molar-refractivity contribution in [3.63, 3.8) is 0 Å². The smallest absolute Gasteiger partial charge is 0.230 e. The maximum Gasteiger partial charge on any atom is 0.230 e. The van der Waals surface area contributed by atoms with Crippen LogP contribution in [0.25, 0.3) is 0 Å². The van der Waals surface area contributed by atoms with E-state index in [-0.39, 0.29) is 5.54 Å². The standard InChI is InChI=1S/C20H29N3O2/c1-14(2)13-24-17-10-8-16(9-11-17)20(3,4)21-12-18-22-23-19(25-18)15-6-5-7-15/h8-11,14-15,21H,5-7,12-13H2,1-4H3. The fraction of sp³-hybridized carbons (Fsp3) is 0.600. The molecule has 1 aliphatic rings. The minimum Gasteiger partial charge on any atom is -0.493 e. The predicted molar refractivity (Wildman–Crippen MR) is 97.5 cm³/mol. The Hall–Kier alpha value is -1.88. The Morgan fingerprint density at radius 1 is 1.20 bits per heavy atom. The number of nitrogens with one attached hydrogen (secondary N) is 1. The van der Waals surface area contributed by atoms with Crippen LogP contribution in [0.5, 0.6) is 5.75 Å². The topological polar surface area (TPSA) is 60.2 Å². The summed E-state index contributed by atoms with van der Waals surface area (Å²) in [5.74, 6) is 3.37. The molecule has 1 N–H and O–H groups in total. The number of nitrogens with zero attached hydrogens (tertiary/aromatic N) is 2. The first-order valence-corrected chi connectivity index (χ1v) is 9.24. The number of hydrogen-bond donors (Lipinski definition) is 1. The highest BCUT2D eigenvalue weighted by molar-refractivity contribution is 5.31. The van der Waals surface area contributed by atoms with E-state index in [1.807, 2.05) is 12.1 Å². The lowest BCUT2D eigenvalue weighted by atomic mass is 9.85. The second kappa shape index (κ2) is 7.56. The molecular formula is C20H29N3O2. The molecule has 1 fully saturated rings. The molecular weight excluding hydrogens is 314 g/mol. The molecule has 1 heterocycles. The van der Waals surface area contributed by atoms with E-state index in [2.05, 4.69) is 55.3 Å². The van der Waals surface area contributed by atoms with Gasteiger partial charge in [0.05, 0.1) is 13.2 Å². The second-order valence-electron chi connectivity index (χ2n) is 7.87. The molecule has 1 saturated carbocycles. The summed E-state index contributed by atoms with van der Waals surface area (Å²) in [6.07, 6.45) is 3.61. The Bertz CT molecular complexity index is 673. The monoisotopic (exact) mass is 343 g/mol. The van der Waals surface area contributed by atoms with Crippen LogP contribution in [-0.2, 0) is 12.1 Å². The number of rotatable bonds is 8. The van der Waals surface area contributed by atoms with E-state index in [4.69, 9.17) is 9.15 Å². The van der Waals surface area contributed by atoms with Crippen molar-refractivity contribution in [2.24, 2.45) is 5.92 Å². The molecule has 136 valence electrons. The van der Waals surface area contributed by atoms with Crippen molar-refractivity contribution in [1.29, 1.82) is 0 Å². The van der Waals surface area contributed by atoms with Crippen molar-refractivity contribution in [1.82, 2.24) is 15.5 Å². The second-order valence-corrected chi connectivity index (χ2v) is 7.87. The van der Waals surface area contributed by atoms with Crippen molar-refractivity contribution in [2.75, 3.05) is 6.61 Å². The third-order valence-electron chi connectivity index (χ3n) is 4.78. The zero-order valence-electron chi connectivity index (χ0n) is 15.7. The van der Waals surface area contributed by atoms with Crippen molar-refractivity contribution >= 4 is 0 Å². The SMILES string of the molecule is CC(C)COc1ccc(C(C)(C)NCc2nnc(C3CCC3)o2)cc1. The average molecular weight is 343 g/mol. The molecule has 25 heavy (non-hydrogen) atoms. The van der Waals surface area contributed by atoms with Crippen LogP contribution >= 0.6 is 0 Å². The molecule has 0 atom stereocenters. The van der Waals surface area contributed by atoms with Crippen LogP contribution < -0.4 is 10.1 Å². The first-order valence-electron chi connectivity index (χ1n) is 9.24. The summed E-state index contributed by atoms with van der Waals surface area (Å²) in [5, 5.41) is 11.9. The predicted octanol–water partition coefficient (Wildman–Crippen LogP) is 4.40. The lowest BCUT2D eigenvalue weighted by molar-refractivity contribution is 0.270. The fourth-order valence-corrected chi connectivity index (χ4v) is 2.79. The molecule has 1 aromatic carbocycles. The molecule has 3 rings (SSSR count). The minimum absolute atomic E-state index is 0.193. The molecule has 5 heteroatoms. The Morgan fingerprint density at radius 2 is 1.92 bits per heavy atom. The van der Waals surface area contributed by atoms with Crippen molar-refractivity contribution in [2.45, 2.75) is 65.0 Å². The number of hydrogen-bond acceptors (Lipinski definition) is 5. The molecule has 1 aliphatic carbocycles. The van der Waals surface area contributed by atoms with Gasteiger partial charge in [0.2, 0.25) is 11.8 Å². The van der Waals surface area contributed by atoms with E-state index in [1.54, 1.807) is 0 Å². The van der Waals surface area contributed by atoms with Gasteiger partial charge in [-0.2, -0.15) is 0 Å². The first kappa shape index (κ1) is 17.9. The number of benzene rings is 1. The summed E-state index contributed by atoms with van der Waals surface area (Å²) in [6.45, 7) is 9.91. The van der Waals surface area contributed by atoms with Crippen molar-refractivity contribution in [3.8, 4) is 5.75 Å². The molecule has 2 aromatic rings. The van der Waals surface area contributed by atoms with E-state index in [1.165, 1.54) is 24.8 Å². The summed E-state index contributed by atoms with van der Waals surface area (Å²) in [7, 11) is 0. The van der Waals surface area contributed by atoms with Crippen LogP contribution in [0, 0.1) is 5.92 Å². The maximum absolute atomic E-state index is 5.79. The molecule has 0 spiro atoms. The highest BCUT2D eigenvalue weighted by Gasteiger charge is 2.26. The molecule has 5 nitrogen and oxygen atoms in total. The van der Waals surface area contributed by atoms with Crippen molar-refractivity contribution < 1.29 is 9.15 Å². The lowest BCUT2D eigenvalue weighted by Crippen LogP contribution is -2.36. The third kappa shape index (κ3) is 4.60. The minimum atomic E-state index is -0.193. The van der Waals surface area contributed by atoms with Crippen LogP contribution in [0.3, 0.4) is 0 Å². The van der Waals surface area contributed by atoms with Gasteiger partial charge in [-0.25, -0.2) is 0 Å². The molecule has 0 saturated heterocycles. The molecule has 0 radical (unpaired) electrons. The van der Waals surface area contributed by atoms with Gasteiger partial charge < -0.3 is 9.15 Å². The van der Waals surface area contributed by atoms with Gasteiger partial charge in [-0.05, 0) is 50.3 Å². The Morgan fingerprint density at radius 3 is 2.52 bits per heavy atom. The van der Waals surface area contributed by atoms with Gasteiger partial charge in [-0.1, -0.05) is 32.4 Å². The van der Waals surface area contributed by atoms with Gasteiger partial charge in [0.1, 0.15) is 5.75 Å². The van der Waals surface area contributed by atoms with Crippen LogP contribution in [0.2, 0.25) is 0 Å². The van der Waals surface area contributed by atoms with Crippen molar-refractivity contribution in [3.05, 3.63) is 41.6 Å². The first-order chi connectivity index (χ1) is 11.9. The van der Waals surface area contributed by atoms with Crippen LogP contribution in [0.1, 0.15) is 70.2 Å². The zero-order chi connectivity index (χ0) is 17.9. The van der Waals surface area contributed by atoms with E-state index in [0.29, 0.717) is 24.3 Å². The molecule has 0 aliphatic heterocycles. The highest BCUT2D eigenvalue weighted by atomic mass is 16.5. The quantitative estimate of drug-likeness (QED) is 0.770. The van der Waals surface area contributed by atoms with Crippen LogP contribution in [-0.4, -0.2) is 16.8 Å². The molecule has 1 aromatic heterocycles. The summed E-state index contributed by atoms with van der Waals surface area (Å²) in [6, 6.07) is 8.28. The number of aromatic nitrogens is 2. The number of ether oxygens (including phenoxy) is 1. The molecule has 0 bridgehead atoms. The van der Waals surface area contributed by atoms with Gasteiger partial charge >= 0.3 is 0 Å². The van der Waals surface area contributed by atoms with Gasteiger partial charge in [0, 0.05) is 11.5 Å². The molecule has 0 unspecified atom stereocenters. The Labute approximate surface area is 150 Å². The van der Waals surface area contributed by atoms with Gasteiger partial charge in [-0.3, -0.25) is 5.32 Å². The van der Waals surface area contributed by atoms with E-state index in [0.717, 1.165) is 18.2 Å². The van der Waals surface area contributed by atoms with E-state index < -0.39 is 0 Å². The summed E-state index contributed by atoms with van der Waals surface area (Å²) < 4.78 is 11.5. The summed E-state index contributed by atoms with van der Waals surface area (Å²) in [4.78, 5) is 0.